The second-order valence-corrected chi connectivity index (χ2v) is 4.60. The molecule has 0 spiro atoms. The minimum atomic E-state index is 0.0476. The maximum atomic E-state index is 11.7. The Morgan fingerprint density at radius 1 is 0.950 bits per heavy atom. The van der Waals surface area contributed by atoms with Gasteiger partial charge in [-0.3, -0.25) is 9.78 Å². The first-order chi connectivity index (χ1) is 9.75. The largest absolute Gasteiger partial charge is 0.354 e. The molecule has 0 fully saturated rings. The minimum Gasteiger partial charge on any atom is -0.354 e. The highest BCUT2D eigenvalue weighted by atomic mass is 16.1. The number of nitrogens with zero attached hydrogens (tertiary/aromatic N) is 1. The van der Waals surface area contributed by atoms with Crippen LogP contribution in [0.25, 0.3) is 10.9 Å². The molecule has 0 radical (unpaired) electrons. The van der Waals surface area contributed by atoms with Gasteiger partial charge in [-0.25, -0.2) is 0 Å². The molecule has 3 heteroatoms. The van der Waals surface area contributed by atoms with Crippen molar-refractivity contribution < 1.29 is 4.79 Å². The summed E-state index contributed by atoms with van der Waals surface area (Å²) in [5, 5.41) is 4.37. The Bertz CT molecular complexity index is 775. The fourth-order valence-electron chi connectivity index (χ4n) is 2.25. The van der Waals surface area contributed by atoms with E-state index in [9.17, 15) is 4.79 Å². The van der Waals surface area contributed by atoms with Crippen LogP contribution in [0.5, 0.6) is 0 Å². The topological polar surface area (TPSA) is 42.0 Å². The average Bonchev–Trinajstić information content (AvgIpc) is 2.48. The van der Waals surface area contributed by atoms with Crippen LogP contribution in [0.1, 0.15) is 17.3 Å². The number of carbonyl (C=O) groups is 1. The predicted octanol–water partition coefficient (Wildman–Crippen LogP) is 4.18. The molecule has 1 aromatic heterocycles. The molecule has 98 valence electrons. The summed E-state index contributed by atoms with van der Waals surface area (Å²) in [6.45, 7) is 1.57. The molecule has 3 nitrogen and oxygen atoms in total. The minimum absolute atomic E-state index is 0.0476. The van der Waals surface area contributed by atoms with Gasteiger partial charge in [0.1, 0.15) is 0 Å². The predicted molar refractivity (Wildman–Crippen MR) is 81.5 cm³/mol. The Morgan fingerprint density at radius 3 is 2.55 bits per heavy atom. The lowest BCUT2D eigenvalue weighted by atomic mass is 10.1. The summed E-state index contributed by atoms with van der Waals surface area (Å²) >= 11 is 0. The van der Waals surface area contributed by atoms with Crippen LogP contribution in [0.2, 0.25) is 0 Å². The van der Waals surface area contributed by atoms with E-state index in [1.54, 1.807) is 13.1 Å². The fourth-order valence-corrected chi connectivity index (χ4v) is 2.25. The van der Waals surface area contributed by atoms with Crippen LogP contribution in [0, 0.1) is 0 Å². The van der Waals surface area contributed by atoms with Gasteiger partial charge in [0.25, 0.3) is 0 Å². The summed E-state index contributed by atoms with van der Waals surface area (Å²) in [6.07, 6.45) is 1.76. The smallest absolute Gasteiger partial charge is 0.161 e. The summed E-state index contributed by atoms with van der Waals surface area (Å²) in [7, 11) is 0. The zero-order chi connectivity index (χ0) is 13.9. The average molecular weight is 262 g/mol. The standard InChI is InChI=1S/C17H14N2O/c1-12(20)13-6-2-5-9-16(13)19-17-10-11-18-15-8-4-3-7-14(15)17/h2-11H,1H3,(H,18,19). The highest BCUT2D eigenvalue weighted by molar-refractivity contribution is 6.01. The molecule has 1 N–H and O–H groups in total. The van der Waals surface area contributed by atoms with Crippen molar-refractivity contribution in [3.8, 4) is 0 Å². The van der Waals surface area contributed by atoms with Crippen molar-refractivity contribution in [3.63, 3.8) is 0 Å². The molecule has 1 heterocycles. The van der Waals surface area contributed by atoms with Crippen LogP contribution in [0.3, 0.4) is 0 Å². The normalized spacial score (nSPS) is 10.4. The van der Waals surface area contributed by atoms with Crippen molar-refractivity contribution in [3.05, 3.63) is 66.4 Å². The second-order valence-electron chi connectivity index (χ2n) is 4.60. The second kappa shape index (κ2) is 5.13. The van der Waals surface area contributed by atoms with Crippen molar-refractivity contribution in [1.82, 2.24) is 4.98 Å². The maximum Gasteiger partial charge on any atom is 0.161 e. The van der Waals surface area contributed by atoms with Gasteiger partial charge in [0, 0.05) is 28.5 Å². The third-order valence-electron chi connectivity index (χ3n) is 3.22. The Kier molecular flexibility index (Phi) is 3.17. The van der Waals surface area contributed by atoms with E-state index in [1.165, 1.54) is 0 Å². The van der Waals surface area contributed by atoms with Gasteiger partial charge in [0.2, 0.25) is 0 Å². The lowest BCUT2D eigenvalue weighted by molar-refractivity contribution is 0.101. The van der Waals surface area contributed by atoms with Crippen LogP contribution < -0.4 is 5.32 Å². The van der Waals surface area contributed by atoms with E-state index < -0.39 is 0 Å². The van der Waals surface area contributed by atoms with Gasteiger partial charge in [0.05, 0.1) is 5.52 Å². The molecule has 0 amide bonds. The number of ketones is 1. The van der Waals surface area contributed by atoms with Crippen LogP contribution in [-0.2, 0) is 0 Å². The number of Topliss-reactive ketones (excluding diaryl/α,β-unsaturated/α-hetero) is 1. The molecule has 0 aliphatic carbocycles. The maximum absolute atomic E-state index is 11.7. The number of para-hydroxylation sites is 2. The molecule has 3 aromatic rings. The number of nitrogens with one attached hydrogen (secondary N) is 1. The van der Waals surface area contributed by atoms with E-state index in [-0.39, 0.29) is 5.78 Å². The molecule has 0 saturated heterocycles. The van der Waals surface area contributed by atoms with Crippen molar-refractivity contribution in [2.75, 3.05) is 5.32 Å². The number of rotatable bonds is 3. The van der Waals surface area contributed by atoms with E-state index in [0.717, 1.165) is 22.3 Å². The lowest BCUT2D eigenvalue weighted by Gasteiger charge is -2.12. The molecule has 0 aliphatic rings. The Balaban J connectivity index is 2.08. The zero-order valence-electron chi connectivity index (χ0n) is 11.1. The number of hydrogen-bond acceptors (Lipinski definition) is 3. The molecule has 0 atom stereocenters. The van der Waals surface area contributed by atoms with Gasteiger partial charge < -0.3 is 5.32 Å². The first-order valence-corrected chi connectivity index (χ1v) is 6.46. The van der Waals surface area contributed by atoms with Crippen molar-refractivity contribution in [2.45, 2.75) is 6.92 Å². The monoisotopic (exact) mass is 262 g/mol. The quantitative estimate of drug-likeness (QED) is 0.720. The molecule has 0 aliphatic heterocycles. The number of anilines is 2. The molecule has 2 aromatic carbocycles. The van der Waals surface area contributed by atoms with E-state index in [0.29, 0.717) is 5.56 Å². The van der Waals surface area contributed by atoms with E-state index in [2.05, 4.69) is 10.3 Å². The van der Waals surface area contributed by atoms with Crippen LogP contribution in [-0.4, -0.2) is 10.8 Å². The van der Waals surface area contributed by atoms with Gasteiger partial charge in [-0.15, -0.1) is 0 Å². The molecular weight excluding hydrogens is 248 g/mol. The third-order valence-corrected chi connectivity index (χ3v) is 3.22. The molecule has 3 rings (SSSR count). The summed E-state index contributed by atoms with van der Waals surface area (Å²) in [4.78, 5) is 16.0. The van der Waals surface area contributed by atoms with Gasteiger partial charge in [-0.05, 0) is 31.2 Å². The number of carbonyl (C=O) groups excluding carboxylic acids is 1. The number of hydrogen-bond donors (Lipinski definition) is 1. The highest BCUT2D eigenvalue weighted by Crippen LogP contribution is 2.26. The van der Waals surface area contributed by atoms with Crippen molar-refractivity contribution in [1.29, 1.82) is 0 Å². The van der Waals surface area contributed by atoms with Crippen molar-refractivity contribution >= 4 is 28.1 Å². The number of fused-ring (bicyclic) bond motifs is 1. The lowest BCUT2D eigenvalue weighted by Crippen LogP contribution is -2.00. The fraction of sp³-hybridized carbons (Fsp3) is 0.0588. The van der Waals surface area contributed by atoms with Gasteiger partial charge in [-0.2, -0.15) is 0 Å². The summed E-state index contributed by atoms with van der Waals surface area (Å²) < 4.78 is 0. The summed E-state index contributed by atoms with van der Waals surface area (Å²) in [6, 6.07) is 17.4. The molecular formula is C17H14N2O. The highest BCUT2D eigenvalue weighted by Gasteiger charge is 2.08. The summed E-state index contributed by atoms with van der Waals surface area (Å²) in [5.41, 5.74) is 3.38. The van der Waals surface area contributed by atoms with Crippen LogP contribution in [0.4, 0.5) is 11.4 Å². The Hall–Kier alpha value is -2.68. The van der Waals surface area contributed by atoms with Crippen molar-refractivity contribution in [2.24, 2.45) is 0 Å². The Labute approximate surface area is 117 Å². The first kappa shape index (κ1) is 12.4. The SMILES string of the molecule is CC(=O)c1ccccc1Nc1ccnc2ccccc12. The number of benzene rings is 2. The van der Waals surface area contributed by atoms with Crippen LogP contribution >= 0.6 is 0 Å². The van der Waals surface area contributed by atoms with Crippen LogP contribution in [0.15, 0.2) is 60.8 Å². The van der Waals surface area contributed by atoms with E-state index in [4.69, 9.17) is 0 Å². The number of aromatic nitrogens is 1. The van der Waals surface area contributed by atoms with Gasteiger partial charge >= 0.3 is 0 Å². The molecule has 0 unspecified atom stereocenters. The zero-order valence-corrected chi connectivity index (χ0v) is 11.1. The Morgan fingerprint density at radius 2 is 1.70 bits per heavy atom. The molecule has 0 bridgehead atoms. The van der Waals surface area contributed by atoms with E-state index in [1.807, 2.05) is 54.6 Å². The first-order valence-electron chi connectivity index (χ1n) is 6.46. The molecule has 20 heavy (non-hydrogen) atoms. The summed E-state index contributed by atoms with van der Waals surface area (Å²) in [5.74, 6) is 0.0476. The van der Waals surface area contributed by atoms with Gasteiger partial charge in [-0.1, -0.05) is 30.3 Å². The van der Waals surface area contributed by atoms with Gasteiger partial charge in [0.15, 0.2) is 5.78 Å². The number of pyridine rings is 1. The third kappa shape index (κ3) is 2.26. The van der Waals surface area contributed by atoms with E-state index >= 15 is 0 Å². The molecule has 0 saturated carbocycles.